The smallest absolute Gasteiger partial charge is 0.273 e. The van der Waals surface area contributed by atoms with Crippen LogP contribution in [0, 0.1) is 11.8 Å². The quantitative estimate of drug-likeness (QED) is 0.254. The van der Waals surface area contributed by atoms with Gasteiger partial charge in [0.25, 0.3) is 5.92 Å². The van der Waals surface area contributed by atoms with Gasteiger partial charge in [-0.3, -0.25) is 0 Å². The van der Waals surface area contributed by atoms with Crippen molar-refractivity contribution in [2.75, 3.05) is 0 Å². The van der Waals surface area contributed by atoms with Gasteiger partial charge in [0.15, 0.2) is 0 Å². The van der Waals surface area contributed by atoms with Crippen molar-refractivity contribution in [2.45, 2.75) is 102 Å². The van der Waals surface area contributed by atoms with Gasteiger partial charge in [0.05, 0.1) is 12.2 Å². The zero-order valence-corrected chi connectivity index (χ0v) is 17.4. The Kier molecular flexibility index (Phi) is 11.4. The Morgan fingerprint density at radius 3 is 2.50 bits per heavy atom. The number of halogens is 2. The van der Waals surface area contributed by atoms with Crippen LogP contribution < -0.4 is 0 Å². The molecule has 1 saturated carbocycles. The fourth-order valence-corrected chi connectivity index (χ4v) is 4.18. The zero-order chi connectivity index (χ0) is 19.6. The van der Waals surface area contributed by atoms with Crippen LogP contribution in [0.1, 0.15) is 78.1 Å². The minimum atomic E-state index is -3.04. The maximum absolute atomic E-state index is 14.0. The van der Waals surface area contributed by atoms with Crippen molar-refractivity contribution in [1.82, 2.24) is 0 Å². The highest BCUT2D eigenvalue weighted by Gasteiger charge is 2.44. The molecule has 0 aromatic rings. The predicted molar refractivity (Wildman–Crippen MR) is 105 cm³/mol. The van der Waals surface area contributed by atoms with E-state index in [9.17, 15) is 19.0 Å². The van der Waals surface area contributed by atoms with E-state index in [0.717, 1.165) is 25.7 Å². The molecular weight excluding hydrogens is 357 g/mol. The summed E-state index contributed by atoms with van der Waals surface area (Å²) in [7, 11) is 2.23. The molecule has 6 atom stereocenters. The molecule has 0 amide bonds. The number of rotatable bonds is 13. The summed E-state index contributed by atoms with van der Waals surface area (Å²) in [6.45, 7) is 4.01. The lowest BCUT2D eigenvalue weighted by Gasteiger charge is -2.27. The first-order chi connectivity index (χ1) is 12.4. The molecule has 0 bridgehead atoms. The highest BCUT2D eigenvalue weighted by Crippen LogP contribution is 2.41. The molecule has 1 aliphatic rings. The number of alkyl halides is 2. The van der Waals surface area contributed by atoms with Gasteiger partial charge in [0.1, 0.15) is 6.10 Å². The van der Waals surface area contributed by atoms with E-state index in [0.29, 0.717) is 25.7 Å². The van der Waals surface area contributed by atoms with Crippen LogP contribution in [0.5, 0.6) is 0 Å². The van der Waals surface area contributed by atoms with Gasteiger partial charge in [0, 0.05) is 22.3 Å². The van der Waals surface area contributed by atoms with E-state index in [1.165, 1.54) is 0 Å². The normalized spacial score (nSPS) is 28.1. The lowest BCUT2D eigenvalue weighted by Crippen LogP contribution is -2.34. The minimum Gasteiger partial charge on any atom is -0.393 e. The number of hydrogen-bond donors (Lipinski definition) is 2. The summed E-state index contributed by atoms with van der Waals surface area (Å²) in [4.78, 5) is 0. The highest BCUT2D eigenvalue weighted by atomic mass is 31.0. The molecular formula is C20H37F2O3P. The van der Waals surface area contributed by atoms with Crippen LogP contribution in [0.4, 0.5) is 8.78 Å². The molecule has 1 fully saturated rings. The van der Waals surface area contributed by atoms with Crippen LogP contribution in [0.15, 0.2) is 12.2 Å². The summed E-state index contributed by atoms with van der Waals surface area (Å²) in [5.74, 6) is -3.06. The second-order valence-corrected chi connectivity index (χ2v) is 7.88. The molecule has 0 saturated heterocycles. The Hall–Kier alpha value is -0.0900. The van der Waals surface area contributed by atoms with Crippen LogP contribution in [0.2, 0.25) is 0 Å². The van der Waals surface area contributed by atoms with Crippen molar-refractivity contribution in [2.24, 2.45) is 11.8 Å². The summed E-state index contributed by atoms with van der Waals surface area (Å²) >= 11 is 0. The summed E-state index contributed by atoms with van der Waals surface area (Å²) in [5, 5.41) is 20.3. The van der Waals surface area contributed by atoms with Crippen molar-refractivity contribution in [3.63, 3.8) is 0 Å². The largest absolute Gasteiger partial charge is 0.393 e. The lowest BCUT2D eigenvalue weighted by atomic mass is 9.85. The van der Waals surface area contributed by atoms with Gasteiger partial charge in [0.2, 0.25) is 0 Å². The molecule has 0 spiro atoms. The van der Waals surface area contributed by atoms with Gasteiger partial charge in [-0.1, -0.05) is 45.3 Å². The van der Waals surface area contributed by atoms with Crippen LogP contribution in [-0.4, -0.2) is 34.4 Å². The summed E-state index contributed by atoms with van der Waals surface area (Å²) in [6, 6.07) is 0. The summed E-state index contributed by atoms with van der Waals surface area (Å²) in [5.41, 5.74) is 0. The van der Waals surface area contributed by atoms with E-state index < -0.39 is 18.1 Å². The second-order valence-electron chi connectivity index (χ2n) is 7.61. The fraction of sp³-hybridized carbons (Fsp3) is 0.900. The molecule has 5 unspecified atom stereocenters. The highest BCUT2D eigenvalue weighted by molar-refractivity contribution is 7.09. The average molecular weight is 394 g/mol. The lowest BCUT2D eigenvalue weighted by molar-refractivity contribution is -0.119. The molecule has 1 aliphatic carbocycles. The monoisotopic (exact) mass is 394 g/mol. The number of allylic oxidation sites excluding steroid dienone is 2. The summed E-state index contributed by atoms with van der Waals surface area (Å²) in [6.07, 6.45) is 7.80. The summed E-state index contributed by atoms with van der Waals surface area (Å²) < 4.78 is 33.4. The van der Waals surface area contributed by atoms with Crippen molar-refractivity contribution in [3.05, 3.63) is 12.2 Å². The maximum atomic E-state index is 14.0. The molecule has 26 heavy (non-hydrogen) atoms. The van der Waals surface area contributed by atoms with Gasteiger partial charge in [-0.25, -0.2) is 8.78 Å². The molecule has 0 aliphatic heterocycles. The van der Waals surface area contributed by atoms with Gasteiger partial charge >= 0.3 is 0 Å². The third-order valence-electron chi connectivity index (χ3n) is 5.59. The van der Waals surface area contributed by atoms with Crippen molar-refractivity contribution >= 4 is 9.47 Å². The Morgan fingerprint density at radius 1 is 1.19 bits per heavy atom. The number of aliphatic hydroxyl groups excluding tert-OH is 2. The minimum absolute atomic E-state index is 0.00473. The van der Waals surface area contributed by atoms with Gasteiger partial charge in [-0.2, -0.15) is 0 Å². The zero-order valence-electron chi connectivity index (χ0n) is 16.2. The third kappa shape index (κ3) is 7.50. The maximum Gasteiger partial charge on any atom is 0.273 e. The molecule has 0 aromatic carbocycles. The number of unbranched alkanes of at least 4 members (excludes halogenated alkanes) is 3. The SMILES string of the molecule is CCCC/C=C\CC1C(O)CC(OP)[C@@H]1CCC(O)C(F)(F)CCCC. The Bertz CT molecular complexity index is 407. The van der Waals surface area contributed by atoms with Crippen LogP contribution in [0.3, 0.4) is 0 Å². The van der Waals surface area contributed by atoms with Crippen LogP contribution >= 0.6 is 9.47 Å². The molecule has 0 aromatic heterocycles. The topological polar surface area (TPSA) is 49.7 Å². The van der Waals surface area contributed by atoms with E-state index in [1.54, 1.807) is 0 Å². The van der Waals surface area contributed by atoms with E-state index in [1.807, 2.05) is 6.92 Å². The van der Waals surface area contributed by atoms with Crippen molar-refractivity contribution in [1.29, 1.82) is 0 Å². The molecule has 1 rings (SSSR count). The molecule has 6 heteroatoms. The first-order valence-electron chi connectivity index (χ1n) is 10.1. The standard InChI is InChI=1S/C20H37F2O3P/c1-3-5-7-8-9-10-15-16(18(25-26)14-17(15)23)11-12-19(24)20(21,22)13-6-4-2/h8-9,15-19,23-24H,3-7,10-14,26H2,1-2H3/b9-8-/t15?,16-,17?,18?,19?/m1/s1. The van der Waals surface area contributed by atoms with E-state index in [4.69, 9.17) is 4.52 Å². The van der Waals surface area contributed by atoms with Crippen LogP contribution in [0.25, 0.3) is 0 Å². The fourth-order valence-electron chi connectivity index (χ4n) is 3.87. The molecule has 2 N–H and O–H groups in total. The number of aliphatic hydroxyl groups is 2. The average Bonchev–Trinajstić information content (AvgIpc) is 2.92. The first-order valence-corrected chi connectivity index (χ1v) is 10.6. The van der Waals surface area contributed by atoms with Crippen molar-refractivity contribution in [3.8, 4) is 0 Å². The Labute approximate surface area is 159 Å². The van der Waals surface area contributed by atoms with Gasteiger partial charge in [-0.15, -0.1) is 0 Å². The van der Waals surface area contributed by atoms with Crippen LogP contribution in [-0.2, 0) is 4.52 Å². The predicted octanol–water partition coefficient (Wildman–Crippen LogP) is 5.26. The van der Waals surface area contributed by atoms with E-state index in [-0.39, 0.29) is 30.8 Å². The Balaban J connectivity index is 2.61. The first kappa shape index (κ1) is 23.9. The van der Waals surface area contributed by atoms with Crippen molar-refractivity contribution < 1.29 is 23.5 Å². The second kappa shape index (κ2) is 12.4. The Morgan fingerprint density at radius 2 is 1.88 bits per heavy atom. The van der Waals surface area contributed by atoms with E-state index in [2.05, 4.69) is 28.5 Å². The molecule has 154 valence electrons. The van der Waals surface area contributed by atoms with Gasteiger partial charge in [-0.05, 0) is 43.9 Å². The third-order valence-corrected chi connectivity index (χ3v) is 5.94. The molecule has 0 radical (unpaired) electrons. The van der Waals surface area contributed by atoms with Gasteiger partial charge < -0.3 is 14.7 Å². The molecule has 0 heterocycles. The molecule has 3 nitrogen and oxygen atoms in total. The number of hydrogen-bond acceptors (Lipinski definition) is 3. The van der Waals surface area contributed by atoms with E-state index >= 15 is 0 Å².